The van der Waals surface area contributed by atoms with Crippen molar-refractivity contribution in [3.8, 4) is 0 Å². The van der Waals surface area contributed by atoms with Crippen molar-refractivity contribution in [1.29, 1.82) is 0 Å². The molecule has 2 unspecified atom stereocenters. The molecule has 0 bridgehead atoms. The first-order chi connectivity index (χ1) is 5.49. The second-order valence-electron chi connectivity index (χ2n) is 3.98. The van der Waals surface area contributed by atoms with Gasteiger partial charge in [0.2, 0.25) is 0 Å². The molecule has 0 rings (SSSR count). The smallest absolute Gasteiger partial charge is 0.110 e. The van der Waals surface area contributed by atoms with Crippen LogP contribution in [0.15, 0.2) is 0 Å². The molecule has 0 fully saturated rings. The summed E-state index contributed by atoms with van der Waals surface area (Å²) < 4.78 is 0. The van der Waals surface area contributed by atoms with Crippen molar-refractivity contribution in [1.82, 2.24) is 0 Å². The summed E-state index contributed by atoms with van der Waals surface area (Å²) in [7, 11) is 0. The number of rotatable bonds is 6. The topological polar surface area (TPSA) is 46.2 Å². The van der Waals surface area contributed by atoms with E-state index < -0.39 is 5.72 Å². The summed E-state index contributed by atoms with van der Waals surface area (Å²) in [4.78, 5) is 0. The van der Waals surface area contributed by atoms with Gasteiger partial charge >= 0.3 is 0 Å². The van der Waals surface area contributed by atoms with E-state index in [1.54, 1.807) is 6.92 Å². The van der Waals surface area contributed by atoms with E-state index in [4.69, 9.17) is 5.73 Å². The largest absolute Gasteiger partial charge is 0.376 e. The summed E-state index contributed by atoms with van der Waals surface area (Å²) in [6.07, 6.45) is 5.51. The standard InChI is InChI=1S/C10H23NO/c1-4-6-7-9(5-2)8-10(3,11)12/h9,12H,4-8,11H2,1-3H3. The highest BCUT2D eigenvalue weighted by Gasteiger charge is 2.18. The first-order valence-electron chi connectivity index (χ1n) is 5.00. The van der Waals surface area contributed by atoms with Crippen molar-refractivity contribution in [3.05, 3.63) is 0 Å². The summed E-state index contributed by atoms with van der Waals surface area (Å²) in [5.41, 5.74) is 4.56. The molecule has 0 aliphatic heterocycles. The highest BCUT2D eigenvalue weighted by atomic mass is 16.3. The molecule has 0 saturated carbocycles. The van der Waals surface area contributed by atoms with E-state index in [-0.39, 0.29) is 0 Å². The first-order valence-corrected chi connectivity index (χ1v) is 5.00. The van der Waals surface area contributed by atoms with Gasteiger partial charge in [-0.2, -0.15) is 0 Å². The summed E-state index contributed by atoms with van der Waals surface area (Å²) in [5.74, 6) is 0.588. The maximum absolute atomic E-state index is 9.40. The number of nitrogens with two attached hydrogens (primary N) is 1. The molecule has 0 radical (unpaired) electrons. The second kappa shape index (κ2) is 5.55. The molecule has 0 aliphatic carbocycles. The fourth-order valence-electron chi connectivity index (χ4n) is 1.53. The Hall–Kier alpha value is -0.0800. The summed E-state index contributed by atoms with van der Waals surface area (Å²) >= 11 is 0. The average Bonchev–Trinajstić information content (AvgIpc) is 1.95. The lowest BCUT2D eigenvalue weighted by Crippen LogP contribution is -2.37. The van der Waals surface area contributed by atoms with E-state index in [0.717, 1.165) is 12.8 Å². The summed E-state index contributed by atoms with van der Waals surface area (Å²) in [5, 5.41) is 9.40. The molecule has 3 N–H and O–H groups in total. The lowest BCUT2D eigenvalue weighted by Gasteiger charge is -2.23. The zero-order valence-electron chi connectivity index (χ0n) is 8.64. The highest BCUT2D eigenvalue weighted by Crippen LogP contribution is 2.20. The third-order valence-electron chi connectivity index (χ3n) is 2.25. The van der Waals surface area contributed by atoms with Crippen LogP contribution in [0.3, 0.4) is 0 Å². The van der Waals surface area contributed by atoms with Crippen molar-refractivity contribution in [2.24, 2.45) is 11.7 Å². The Kier molecular flexibility index (Phi) is 5.51. The van der Waals surface area contributed by atoms with E-state index in [1.807, 2.05) is 0 Å². The van der Waals surface area contributed by atoms with Crippen LogP contribution in [0.2, 0.25) is 0 Å². The molecule has 0 amide bonds. The fraction of sp³-hybridized carbons (Fsp3) is 1.00. The molecular weight excluding hydrogens is 150 g/mol. The van der Waals surface area contributed by atoms with Crippen LogP contribution in [0, 0.1) is 5.92 Å². The molecule has 0 heterocycles. The van der Waals surface area contributed by atoms with Gasteiger partial charge in [0, 0.05) is 0 Å². The van der Waals surface area contributed by atoms with E-state index in [2.05, 4.69) is 13.8 Å². The van der Waals surface area contributed by atoms with E-state index in [9.17, 15) is 5.11 Å². The lowest BCUT2D eigenvalue weighted by atomic mass is 9.91. The Bertz CT molecular complexity index is 107. The van der Waals surface area contributed by atoms with E-state index in [1.165, 1.54) is 19.3 Å². The Morgan fingerprint density at radius 2 is 2.00 bits per heavy atom. The van der Waals surface area contributed by atoms with E-state index >= 15 is 0 Å². The summed E-state index contributed by atoms with van der Waals surface area (Å²) in [6, 6.07) is 0. The van der Waals surface area contributed by atoms with Gasteiger partial charge < -0.3 is 10.8 Å². The van der Waals surface area contributed by atoms with Crippen molar-refractivity contribution < 1.29 is 5.11 Å². The lowest BCUT2D eigenvalue weighted by molar-refractivity contribution is 0.0377. The number of unbranched alkanes of at least 4 members (excludes halogenated alkanes) is 1. The van der Waals surface area contributed by atoms with Gasteiger partial charge in [0.05, 0.1) is 0 Å². The van der Waals surface area contributed by atoms with Crippen molar-refractivity contribution in [2.45, 2.75) is 58.6 Å². The van der Waals surface area contributed by atoms with Gasteiger partial charge in [0.25, 0.3) is 0 Å². The van der Waals surface area contributed by atoms with Crippen LogP contribution < -0.4 is 5.73 Å². The van der Waals surface area contributed by atoms with Crippen molar-refractivity contribution in [3.63, 3.8) is 0 Å². The van der Waals surface area contributed by atoms with Crippen LogP contribution in [0.5, 0.6) is 0 Å². The number of aliphatic hydroxyl groups is 1. The Balaban J connectivity index is 3.67. The zero-order valence-corrected chi connectivity index (χ0v) is 8.64. The summed E-state index contributed by atoms with van der Waals surface area (Å²) in [6.45, 7) is 6.03. The minimum atomic E-state index is -0.978. The van der Waals surface area contributed by atoms with Gasteiger partial charge in [-0.3, -0.25) is 0 Å². The molecule has 2 nitrogen and oxygen atoms in total. The number of hydrogen-bond donors (Lipinski definition) is 2. The molecule has 74 valence electrons. The van der Waals surface area contributed by atoms with Gasteiger partial charge in [0.1, 0.15) is 5.72 Å². The van der Waals surface area contributed by atoms with Gasteiger partial charge in [-0.05, 0) is 19.3 Å². The molecule has 2 atom stereocenters. The zero-order chi connectivity index (χ0) is 9.61. The van der Waals surface area contributed by atoms with Gasteiger partial charge in [-0.1, -0.05) is 39.5 Å². The molecule has 2 heteroatoms. The minimum Gasteiger partial charge on any atom is -0.376 e. The predicted octanol–water partition coefficient (Wildman–Crippen LogP) is 2.26. The van der Waals surface area contributed by atoms with Gasteiger partial charge in [0.15, 0.2) is 0 Å². The number of hydrogen-bond acceptors (Lipinski definition) is 2. The molecule has 0 saturated heterocycles. The van der Waals surface area contributed by atoms with Crippen LogP contribution in [-0.4, -0.2) is 10.8 Å². The van der Waals surface area contributed by atoms with Crippen molar-refractivity contribution in [2.75, 3.05) is 0 Å². The monoisotopic (exact) mass is 173 g/mol. The maximum atomic E-state index is 9.40. The van der Waals surface area contributed by atoms with Crippen molar-refractivity contribution >= 4 is 0 Å². The molecule has 12 heavy (non-hydrogen) atoms. The van der Waals surface area contributed by atoms with Crippen LogP contribution in [-0.2, 0) is 0 Å². The van der Waals surface area contributed by atoms with Crippen LogP contribution in [0.4, 0.5) is 0 Å². The highest BCUT2D eigenvalue weighted by molar-refractivity contribution is 4.69. The third kappa shape index (κ3) is 6.62. The van der Waals surface area contributed by atoms with E-state index in [0.29, 0.717) is 5.92 Å². The SMILES string of the molecule is CCCCC(CC)CC(C)(N)O. The van der Waals surface area contributed by atoms with Crippen LogP contribution >= 0.6 is 0 Å². The minimum absolute atomic E-state index is 0.588. The van der Waals surface area contributed by atoms with Gasteiger partial charge in [-0.25, -0.2) is 0 Å². The molecule has 0 aliphatic rings. The predicted molar refractivity (Wildman–Crippen MR) is 52.7 cm³/mol. The Morgan fingerprint density at radius 1 is 1.42 bits per heavy atom. The quantitative estimate of drug-likeness (QED) is 0.605. The molecule has 0 spiro atoms. The Labute approximate surface area is 76.2 Å². The van der Waals surface area contributed by atoms with Crippen LogP contribution in [0.1, 0.15) is 52.9 Å². The molecular formula is C10H23NO. The average molecular weight is 173 g/mol. The Morgan fingerprint density at radius 3 is 2.33 bits per heavy atom. The fourth-order valence-corrected chi connectivity index (χ4v) is 1.53. The normalized spacial score (nSPS) is 18.8. The van der Waals surface area contributed by atoms with Crippen LogP contribution in [0.25, 0.3) is 0 Å². The molecule has 0 aromatic heterocycles. The third-order valence-corrected chi connectivity index (χ3v) is 2.25. The maximum Gasteiger partial charge on any atom is 0.110 e. The van der Waals surface area contributed by atoms with Gasteiger partial charge in [-0.15, -0.1) is 0 Å². The molecule has 0 aromatic carbocycles. The first kappa shape index (κ1) is 11.9. The molecule has 0 aromatic rings. The second-order valence-corrected chi connectivity index (χ2v) is 3.98.